The van der Waals surface area contributed by atoms with Crippen molar-refractivity contribution in [2.24, 2.45) is 0 Å². The molecule has 6 rings (SSSR count). The molecule has 5 aromatic carbocycles. The number of rotatable bonds is 0. The van der Waals surface area contributed by atoms with Gasteiger partial charge in [-0.25, -0.2) is 0 Å². The summed E-state index contributed by atoms with van der Waals surface area (Å²) in [6, 6.07) is 28.8. The van der Waals surface area contributed by atoms with Crippen LogP contribution in [0, 0.1) is 0 Å². The first-order chi connectivity index (χ1) is 12.8. The SMILES string of the molecule is Brc1cccc2c1sc1cc3c4ccccc4c4ccccc4c3cc12. The van der Waals surface area contributed by atoms with Crippen molar-refractivity contribution in [3.63, 3.8) is 0 Å². The van der Waals surface area contributed by atoms with Crippen LogP contribution in [0.15, 0.2) is 83.3 Å². The highest BCUT2D eigenvalue weighted by atomic mass is 79.9. The molecule has 26 heavy (non-hydrogen) atoms. The molecular weight excluding hydrogens is 400 g/mol. The van der Waals surface area contributed by atoms with Crippen LogP contribution in [-0.4, -0.2) is 0 Å². The number of fused-ring (bicyclic) bond motifs is 9. The van der Waals surface area contributed by atoms with Crippen molar-refractivity contribution in [2.45, 2.75) is 0 Å². The molecule has 0 aliphatic heterocycles. The van der Waals surface area contributed by atoms with Gasteiger partial charge >= 0.3 is 0 Å². The Kier molecular flexibility index (Phi) is 3.00. The predicted molar refractivity (Wildman–Crippen MR) is 120 cm³/mol. The molecule has 0 unspecified atom stereocenters. The lowest BCUT2D eigenvalue weighted by molar-refractivity contribution is 1.79. The minimum atomic E-state index is 1.18. The van der Waals surface area contributed by atoms with Gasteiger partial charge in [0.1, 0.15) is 0 Å². The topological polar surface area (TPSA) is 0 Å². The van der Waals surface area contributed by atoms with Crippen LogP contribution >= 0.6 is 27.3 Å². The second-order valence-electron chi connectivity index (χ2n) is 6.70. The maximum Gasteiger partial charge on any atom is 0.0497 e. The molecule has 6 aromatic rings. The fourth-order valence-electron chi connectivity index (χ4n) is 4.16. The van der Waals surface area contributed by atoms with E-state index in [0.717, 1.165) is 0 Å². The summed E-state index contributed by atoms with van der Waals surface area (Å²) in [5.41, 5.74) is 0. The molecule has 0 nitrogen and oxygen atoms in total. The monoisotopic (exact) mass is 412 g/mol. The normalized spacial score (nSPS) is 12.0. The van der Waals surface area contributed by atoms with Crippen LogP contribution in [-0.2, 0) is 0 Å². The summed E-state index contributed by atoms with van der Waals surface area (Å²) in [4.78, 5) is 0. The summed E-state index contributed by atoms with van der Waals surface area (Å²) >= 11 is 5.59. The zero-order valence-electron chi connectivity index (χ0n) is 13.8. The minimum absolute atomic E-state index is 1.18. The van der Waals surface area contributed by atoms with Gasteiger partial charge in [0.05, 0.1) is 0 Å². The van der Waals surface area contributed by atoms with E-state index in [0.29, 0.717) is 0 Å². The van der Waals surface area contributed by atoms with Gasteiger partial charge < -0.3 is 0 Å². The van der Waals surface area contributed by atoms with E-state index in [9.17, 15) is 0 Å². The first kappa shape index (κ1) is 14.7. The second-order valence-corrected chi connectivity index (χ2v) is 8.61. The Morgan fingerprint density at radius 1 is 0.500 bits per heavy atom. The molecule has 0 aliphatic rings. The van der Waals surface area contributed by atoms with E-state index in [-0.39, 0.29) is 0 Å². The summed E-state index contributed by atoms with van der Waals surface area (Å²) in [6.07, 6.45) is 0. The van der Waals surface area contributed by atoms with E-state index in [1.165, 1.54) is 57.0 Å². The molecule has 1 heterocycles. The van der Waals surface area contributed by atoms with E-state index >= 15 is 0 Å². The van der Waals surface area contributed by atoms with Crippen molar-refractivity contribution >= 4 is 79.8 Å². The van der Waals surface area contributed by atoms with Crippen LogP contribution in [0.5, 0.6) is 0 Å². The van der Waals surface area contributed by atoms with Gasteiger partial charge in [-0.1, -0.05) is 60.7 Å². The van der Waals surface area contributed by atoms with Gasteiger partial charge in [0, 0.05) is 24.6 Å². The lowest BCUT2D eigenvalue weighted by atomic mass is 9.93. The Morgan fingerprint density at radius 2 is 1.04 bits per heavy atom. The quantitative estimate of drug-likeness (QED) is 0.220. The van der Waals surface area contributed by atoms with Gasteiger partial charge in [0.2, 0.25) is 0 Å². The molecule has 1 aromatic heterocycles. The fraction of sp³-hybridized carbons (Fsp3) is 0. The number of hydrogen-bond acceptors (Lipinski definition) is 1. The molecule has 0 radical (unpaired) electrons. The number of benzene rings is 5. The van der Waals surface area contributed by atoms with Crippen molar-refractivity contribution in [1.82, 2.24) is 0 Å². The van der Waals surface area contributed by atoms with Crippen molar-refractivity contribution in [3.05, 3.63) is 83.3 Å². The standard InChI is InChI=1S/C24H13BrS/c25-22-11-5-10-18-21-12-19-16-8-3-1-6-14(16)15-7-2-4-9-17(15)20(19)13-23(21)26-24(18)22/h1-13H. The zero-order chi connectivity index (χ0) is 17.3. The Balaban J connectivity index is 1.95. The summed E-state index contributed by atoms with van der Waals surface area (Å²) in [5, 5.41) is 10.7. The van der Waals surface area contributed by atoms with Gasteiger partial charge in [0.25, 0.3) is 0 Å². The first-order valence-electron chi connectivity index (χ1n) is 8.65. The zero-order valence-corrected chi connectivity index (χ0v) is 16.2. The number of thiophene rings is 1. The average molecular weight is 413 g/mol. The van der Waals surface area contributed by atoms with E-state index < -0.39 is 0 Å². The fourth-order valence-corrected chi connectivity index (χ4v) is 5.90. The van der Waals surface area contributed by atoms with Gasteiger partial charge in [0.15, 0.2) is 0 Å². The molecule has 2 heteroatoms. The van der Waals surface area contributed by atoms with E-state index in [1.54, 1.807) is 0 Å². The predicted octanol–water partition coefficient (Wildman–Crippen LogP) is 8.28. The van der Waals surface area contributed by atoms with Crippen LogP contribution in [0.4, 0.5) is 0 Å². The Labute approximate surface area is 162 Å². The van der Waals surface area contributed by atoms with Crippen molar-refractivity contribution in [3.8, 4) is 0 Å². The van der Waals surface area contributed by atoms with E-state index in [4.69, 9.17) is 0 Å². The molecule has 0 spiro atoms. The molecule has 122 valence electrons. The third kappa shape index (κ3) is 1.89. The second kappa shape index (κ2) is 5.29. The highest BCUT2D eigenvalue weighted by Crippen LogP contribution is 2.43. The van der Waals surface area contributed by atoms with Crippen LogP contribution in [0.25, 0.3) is 52.5 Å². The maximum atomic E-state index is 3.72. The first-order valence-corrected chi connectivity index (χ1v) is 10.3. The third-order valence-electron chi connectivity index (χ3n) is 5.31. The van der Waals surface area contributed by atoms with Crippen molar-refractivity contribution in [1.29, 1.82) is 0 Å². The number of hydrogen-bond donors (Lipinski definition) is 0. The number of halogens is 1. The van der Waals surface area contributed by atoms with Crippen LogP contribution in [0.1, 0.15) is 0 Å². The molecular formula is C24H13BrS. The molecule has 0 saturated carbocycles. The summed E-state index contributed by atoms with van der Waals surface area (Å²) < 4.78 is 3.85. The van der Waals surface area contributed by atoms with Crippen molar-refractivity contribution in [2.75, 3.05) is 0 Å². The van der Waals surface area contributed by atoms with Crippen LogP contribution in [0.3, 0.4) is 0 Å². The summed E-state index contributed by atoms with van der Waals surface area (Å²) in [6.45, 7) is 0. The smallest absolute Gasteiger partial charge is 0.0497 e. The molecule has 0 saturated heterocycles. The lowest BCUT2D eigenvalue weighted by Gasteiger charge is -2.10. The van der Waals surface area contributed by atoms with Gasteiger partial charge in [-0.3, -0.25) is 0 Å². The highest BCUT2D eigenvalue weighted by molar-refractivity contribution is 9.10. The Bertz CT molecular complexity index is 1490. The largest absolute Gasteiger partial charge is 0.134 e. The molecule has 0 fully saturated rings. The van der Waals surface area contributed by atoms with E-state index in [1.807, 2.05) is 11.3 Å². The summed E-state index contributed by atoms with van der Waals surface area (Å²) in [5.74, 6) is 0. The van der Waals surface area contributed by atoms with Crippen molar-refractivity contribution < 1.29 is 0 Å². The molecule has 0 bridgehead atoms. The van der Waals surface area contributed by atoms with Gasteiger partial charge in [-0.15, -0.1) is 11.3 Å². The average Bonchev–Trinajstić information content (AvgIpc) is 3.06. The van der Waals surface area contributed by atoms with Gasteiger partial charge in [-0.2, -0.15) is 0 Å². The van der Waals surface area contributed by atoms with Gasteiger partial charge in [-0.05, 0) is 66.4 Å². The molecule has 0 aliphatic carbocycles. The van der Waals surface area contributed by atoms with E-state index in [2.05, 4.69) is 94.8 Å². The molecule has 0 amide bonds. The Morgan fingerprint density at radius 3 is 1.69 bits per heavy atom. The maximum absolute atomic E-state index is 3.72. The third-order valence-corrected chi connectivity index (χ3v) is 7.44. The Hall–Kier alpha value is -2.42. The summed E-state index contributed by atoms with van der Waals surface area (Å²) in [7, 11) is 0. The molecule has 0 N–H and O–H groups in total. The van der Waals surface area contributed by atoms with Crippen LogP contribution < -0.4 is 0 Å². The molecule has 0 atom stereocenters. The lowest BCUT2D eigenvalue weighted by Crippen LogP contribution is -1.82. The minimum Gasteiger partial charge on any atom is -0.134 e. The van der Waals surface area contributed by atoms with Crippen LogP contribution in [0.2, 0.25) is 0 Å². The highest BCUT2D eigenvalue weighted by Gasteiger charge is 2.13.